The van der Waals surface area contributed by atoms with Gasteiger partial charge in [0.05, 0.1) is 6.61 Å². The largest absolute Gasteiger partial charge is 0.461 e. The van der Waals surface area contributed by atoms with Crippen molar-refractivity contribution < 1.29 is 23.9 Å². The number of carbonyl (C=O) groups excluding carboxylic acids is 3. The molecule has 31 heavy (non-hydrogen) atoms. The van der Waals surface area contributed by atoms with Crippen molar-refractivity contribution in [2.24, 2.45) is 5.73 Å². The zero-order valence-corrected chi connectivity index (χ0v) is 17.3. The summed E-state index contributed by atoms with van der Waals surface area (Å²) in [4.78, 5) is 38.9. The van der Waals surface area contributed by atoms with E-state index >= 15 is 0 Å². The minimum absolute atomic E-state index is 0.192. The number of aromatic nitrogens is 1. The molecule has 4 N–H and O–H groups in total. The van der Waals surface area contributed by atoms with Crippen LogP contribution in [0.25, 0.3) is 10.9 Å². The van der Waals surface area contributed by atoms with E-state index in [1.165, 1.54) is 0 Å². The van der Waals surface area contributed by atoms with Gasteiger partial charge < -0.3 is 25.5 Å². The molecule has 3 aromatic rings. The van der Waals surface area contributed by atoms with Gasteiger partial charge in [-0.2, -0.15) is 0 Å². The van der Waals surface area contributed by atoms with E-state index in [1.54, 1.807) is 25.1 Å². The summed E-state index contributed by atoms with van der Waals surface area (Å²) in [7, 11) is 0. The number of benzene rings is 2. The lowest BCUT2D eigenvalue weighted by Gasteiger charge is -2.08. The third kappa shape index (κ3) is 5.63. The highest BCUT2D eigenvalue weighted by Gasteiger charge is 2.19. The number of aromatic amines is 1. The SMILES string of the molecule is CCOC(=O)c1[nH]c2ccc(C(N)=O)cc2c1CCCNC(=O)OCc1ccccc1. The molecule has 3 rings (SSSR count). The number of esters is 1. The zero-order chi connectivity index (χ0) is 22.2. The molecule has 162 valence electrons. The minimum Gasteiger partial charge on any atom is -0.461 e. The Labute approximate surface area is 179 Å². The number of amides is 2. The average Bonchev–Trinajstić information content (AvgIpc) is 3.14. The number of hydrogen-bond acceptors (Lipinski definition) is 5. The first-order valence-corrected chi connectivity index (χ1v) is 10.1. The summed E-state index contributed by atoms with van der Waals surface area (Å²) in [5.74, 6) is -1.01. The molecule has 0 fully saturated rings. The molecule has 8 nitrogen and oxygen atoms in total. The van der Waals surface area contributed by atoms with Gasteiger partial charge in [-0.3, -0.25) is 4.79 Å². The summed E-state index contributed by atoms with van der Waals surface area (Å²) in [6.45, 7) is 2.53. The highest BCUT2D eigenvalue weighted by molar-refractivity contribution is 6.02. The Morgan fingerprint density at radius 2 is 1.84 bits per heavy atom. The van der Waals surface area contributed by atoms with Crippen LogP contribution in [0.3, 0.4) is 0 Å². The summed E-state index contributed by atoms with van der Waals surface area (Å²) >= 11 is 0. The minimum atomic E-state index is -0.547. The van der Waals surface area contributed by atoms with Crippen molar-refractivity contribution in [1.82, 2.24) is 10.3 Å². The van der Waals surface area contributed by atoms with Crippen molar-refractivity contribution in [2.45, 2.75) is 26.4 Å². The van der Waals surface area contributed by atoms with Crippen molar-refractivity contribution in [3.05, 3.63) is 70.9 Å². The number of nitrogens with one attached hydrogen (secondary N) is 2. The van der Waals surface area contributed by atoms with E-state index in [0.717, 1.165) is 16.5 Å². The van der Waals surface area contributed by atoms with Crippen LogP contribution in [0.5, 0.6) is 0 Å². The van der Waals surface area contributed by atoms with E-state index in [9.17, 15) is 14.4 Å². The van der Waals surface area contributed by atoms with Gasteiger partial charge in [0.25, 0.3) is 0 Å². The Kier molecular flexibility index (Phi) is 7.26. The fourth-order valence-corrected chi connectivity index (χ4v) is 3.27. The number of ether oxygens (including phenoxy) is 2. The lowest BCUT2D eigenvalue weighted by atomic mass is 10.0. The molecule has 0 saturated carbocycles. The molecule has 0 aliphatic carbocycles. The van der Waals surface area contributed by atoms with Crippen LogP contribution in [0.15, 0.2) is 48.5 Å². The summed E-state index contributed by atoms with van der Waals surface area (Å²) < 4.78 is 10.3. The maximum absolute atomic E-state index is 12.4. The van der Waals surface area contributed by atoms with Crippen LogP contribution in [0, 0.1) is 0 Å². The first-order chi connectivity index (χ1) is 15.0. The number of alkyl carbamates (subject to hydrolysis) is 1. The molecule has 0 aliphatic heterocycles. The van der Waals surface area contributed by atoms with Crippen LogP contribution in [0.4, 0.5) is 4.79 Å². The van der Waals surface area contributed by atoms with Crippen LogP contribution >= 0.6 is 0 Å². The second-order valence-corrected chi connectivity index (χ2v) is 6.92. The molecule has 8 heteroatoms. The fourth-order valence-electron chi connectivity index (χ4n) is 3.27. The van der Waals surface area contributed by atoms with E-state index in [4.69, 9.17) is 15.2 Å². The van der Waals surface area contributed by atoms with Gasteiger partial charge in [-0.05, 0) is 49.1 Å². The Morgan fingerprint density at radius 3 is 2.55 bits per heavy atom. The number of rotatable bonds is 9. The molecule has 1 aromatic heterocycles. The zero-order valence-electron chi connectivity index (χ0n) is 17.3. The number of carbonyl (C=O) groups is 3. The molecule has 1 heterocycles. The number of aryl methyl sites for hydroxylation is 1. The average molecular weight is 423 g/mol. The third-order valence-corrected chi connectivity index (χ3v) is 4.76. The summed E-state index contributed by atoms with van der Waals surface area (Å²) in [6, 6.07) is 14.4. The van der Waals surface area contributed by atoms with Gasteiger partial charge in [-0.1, -0.05) is 30.3 Å². The second-order valence-electron chi connectivity index (χ2n) is 6.92. The molecule has 2 aromatic carbocycles. The van der Waals surface area contributed by atoms with Gasteiger partial charge in [0.1, 0.15) is 12.3 Å². The smallest absolute Gasteiger partial charge is 0.407 e. The van der Waals surface area contributed by atoms with Crippen molar-refractivity contribution >= 4 is 28.9 Å². The van der Waals surface area contributed by atoms with Crippen molar-refractivity contribution in [3.8, 4) is 0 Å². The van der Waals surface area contributed by atoms with Crippen LogP contribution in [0.2, 0.25) is 0 Å². The van der Waals surface area contributed by atoms with Gasteiger partial charge in [-0.15, -0.1) is 0 Å². The van der Waals surface area contributed by atoms with Gasteiger partial charge >= 0.3 is 12.1 Å². The Balaban J connectivity index is 1.64. The summed E-state index contributed by atoms with van der Waals surface area (Å²) in [6.07, 6.45) is 0.528. The standard InChI is InChI=1S/C23H25N3O5/c1-2-30-22(28)20-17(18-13-16(21(24)27)10-11-19(18)26-20)9-6-12-25-23(29)31-14-15-7-4-3-5-8-15/h3-5,7-8,10-11,13,26H,2,6,9,12,14H2,1H3,(H2,24,27)(H,25,29). The number of H-pyrrole nitrogens is 1. The fraction of sp³-hybridized carbons (Fsp3) is 0.261. The highest BCUT2D eigenvalue weighted by Crippen LogP contribution is 2.26. The lowest BCUT2D eigenvalue weighted by Crippen LogP contribution is -2.25. The quantitative estimate of drug-likeness (QED) is 0.360. The molecule has 0 unspecified atom stereocenters. The third-order valence-electron chi connectivity index (χ3n) is 4.76. The van der Waals surface area contributed by atoms with Gasteiger partial charge in [0.15, 0.2) is 0 Å². The van der Waals surface area contributed by atoms with E-state index in [1.807, 2.05) is 30.3 Å². The van der Waals surface area contributed by atoms with E-state index in [-0.39, 0.29) is 13.2 Å². The predicted octanol–water partition coefficient (Wildman–Crippen LogP) is 3.30. The predicted molar refractivity (Wildman–Crippen MR) is 116 cm³/mol. The first-order valence-electron chi connectivity index (χ1n) is 10.1. The number of primary amides is 1. The molecule has 0 bridgehead atoms. The summed E-state index contributed by atoms with van der Waals surface area (Å²) in [5.41, 5.74) is 8.41. The van der Waals surface area contributed by atoms with E-state index < -0.39 is 18.0 Å². The van der Waals surface area contributed by atoms with Crippen LogP contribution in [-0.2, 0) is 22.5 Å². The highest BCUT2D eigenvalue weighted by atomic mass is 16.5. The number of hydrogen-bond donors (Lipinski definition) is 3. The van der Waals surface area contributed by atoms with Crippen molar-refractivity contribution in [2.75, 3.05) is 13.2 Å². The van der Waals surface area contributed by atoms with Crippen LogP contribution in [-0.4, -0.2) is 36.1 Å². The Morgan fingerprint density at radius 1 is 1.06 bits per heavy atom. The van der Waals surface area contributed by atoms with Gasteiger partial charge in [0, 0.05) is 23.0 Å². The van der Waals surface area contributed by atoms with Crippen LogP contribution < -0.4 is 11.1 Å². The Hall–Kier alpha value is -3.81. The summed E-state index contributed by atoms with van der Waals surface area (Å²) in [5, 5.41) is 3.43. The molecular formula is C23H25N3O5. The molecule has 2 amide bonds. The Bertz CT molecular complexity index is 1080. The first kappa shape index (κ1) is 21.9. The maximum atomic E-state index is 12.4. The lowest BCUT2D eigenvalue weighted by molar-refractivity contribution is 0.0519. The molecule has 0 aliphatic rings. The second kappa shape index (κ2) is 10.3. The topological polar surface area (TPSA) is 124 Å². The normalized spacial score (nSPS) is 10.6. The van der Waals surface area contributed by atoms with Crippen molar-refractivity contribution in [3.63, 3.8) is 0 Å². The molecule has 0 spiro atoms. The van der Waals surface area contributed by atoms with E-state index in [0.29, 0.717) is 36.2 Å². The van der Waals surface area contributed by atoms with Crippen molar-refractivity contribution in [1.29, 1.82) is 0 Å². The van der Waals surface area contributed by atoms with Crippen LogP contribution in [0.1, 0.15) is 45.3 Å². The van der Waals surface area contributed by atoms with Gasteiger partial charge in [-0.25, -0.2) is 9.59 Å². The number of nitrogens with two attached hydrogens (primary N) is 1. The number of fused-ring (bicyclic) bond motifs is 1. The van der Waals surface area contributed by atoms with Gasteiger partial charge in [0.2, 0.25) is 5.91 Å². The molecule has 0 saturated heterocycles. The molecule has 0 radical (unpaired) electrons. The molecular weight excluding hydrogens is 398 g/mol. The maximum Gasteiger partial charge on any atom is 0.407 e. The monoisotopic (exact) mass is 423 g/mol. The van der Waals surface area contributed by atoms with E-state index in [2.05, 4.69) is 10.3 Å². The molecule has 0 atom stereocenters.